The Morgan fingerprint density at radius 1 is 0.765 bits per heavy atom. The summed E-state index contributed by atoms with van der Waals surface area (Å²) in [6.45, 7) is 2.02. The van der Waals surface area contributed by atoms with Crippen LogP contribution < -0.4 is 10.2 Å². The molecule has 0 aromatic heterocycles. The summed E-state index contributed by atoms with van der Waals surface area (Å²) >= 11 is 0. The van der Waals surface area contributed by atoms with Crippen molar-refractivity contribution in [3.05, 3.63) is 114 Å². The monoisotopic (exact) mass is 448 g/mol. The van der Waals surface area contributed by atoms with Gasteiger partial charge in [0.2, 0.25) is 0 Å². The first-order valence-corrected chi connectivity index (χ1v) is 11.8. The largest absolute Gasteiger partial charge is 0.508 e. The summed E-state index contributed by atoms with van der Waals surface area (Å²) in [7, 11) is 0. The minimum absolute atomic E-state index is 0.128. The van der Waals surface area contributed by atoms with E-state index >= 15 is 0 Å². The number of phenols is 1. The molecule has 0 spiro atoms. The summed E-state index contributed by atoms with van der Waals surface area (Å²) in [4.78, 5) is 15.2. The zero-order valence-corrected chi connectivity index (χ0v) is 19.0. The van der Waals surface area contributed by atoms with Crippen LogP contribution in [-0.2, 0) is 0 Å². The van der Waals surface area contributed by atoms with Gasteiger partial charge >= 0.3 is 0 Å². The van der Waals surface area contributed by atoms with E-state index in [9.17, 15) is 9.90 Å². The second kappa shape index (κ2) is 9.84. The van der Waals surface area contributed by atoms with Crippen LogP contribution in [0.1, 0.15) is 34.7 Å². The minimum Gasteiger partial charge on any atom is -0.508 e. The Bertz CT molecular complexity index is 1240. The second-order valence-corrected chi connectivity index (χ2v) is 8.80. The third-order valence-electron chi connectivity index (χ3n) is 6.58. The third kappa shape index (κ3) is 4.96. The topological polar surface area (TPSA) is 52.6 Å². The van der Waals surface area contributed by atoms with Crippen LogP contribution in [0.2, 0.25) is 0 Å². The highest BCUT2D eigenvalue weighted by atomic mass is 16.3. The van der Waals surface area contributed by atoms with E-state index in [1.807, 2.05) is 48.5 Å². The number of aromatic hydroxyl groups is 1. The maximum Gasteiger partial charge on any atom is 0.255 e. The molecular weight excluding hydrogens is 420 g/mol. The molecule has 0 bridgehead atoms. The van der Waals surface area contributed by atoms with Crippen LogP contribution in [0.15, 0.2) is 103 Å². The number of rotatable bonds is 5. The first-order valence-electron chi connectivity index (χ1n) is 11.8. The molecule has 1 heterocycles. The molecule has 0 atom stereocenters. The van der Waals surface area contributed by atoms with E-state index in [-0.39, 0.29) is 11.7 Å². The average Bonchev–Trinajstić information content (AvgIpc) is 2.90. The lowest BCUT2D eigenvalue weighted by Crippen LogP contribution is -2.32. The van der Waals surface area contributed by atoms with Gasteiger partial charge in [-0.15, -0.1) is 0 Å². The van der Waals surface area contributed by atoms with Gasteiger partial charge in [-0.2, -0.15) is 0 Å². The summed E-state index contributed by atoms with van der Waals surface area (Å²) in [5, 5.41) is 12.5. The van der Waals surface area contributed by atoms with Crippen molar-refractivity contribution in [2.24, 2.45) is 0 Å². The molecule has 1 amide bonds. The number of carbonyl (C=O) groups is 1. The molecule has 4 aromatic carbocycles. The fraction of sp³-hybridized carbons (Fsp3) is 0.167. The third-order valence-corrected chi connectivity index (χ3v) is 6.58. The minimum atomic E-state index is -0.128. The SMILES string of the molecule is O=C(Nc1cccc(N2CCC(c3ccccc3)CC2)c1)c1ccc(-c2ccc(O)cc2)cc1. The lowest BCUT2D eigenvalue weighted by Gasteiger charge is -2.34. The van der Waals surface area contributed by atoms with Gasteiger partial charge in [-0.25, -0.2) is 0 Å². The van der Waals surface area contributed by atoms with Crippen LogP contribution in [0.25, 0.3) is 11.1 Å². The smallest absolute Gasteiger partial charge is 0.255 e. The molecule has 2 N–H and O–H groups in total. The summed E-state index contributed by atoms with van der Waals surface area (Å²) in [6.07, 6.45) is 2.27. The van der Waals surface area contributed by atoms with Gasteiger partial charge in [-0.3, -0.25) is 4.79 Å². The van der Waals surface area contributed by atoms with Crippen LogP contribution in [0, 0.1) is 0 Å². The normalized spacial score (nSPS) is 14.1. The Hall–Kier alpha value is -4.05. The second-order valence-electron chi connectivity index (χ2n) is 8.80. The van der Waals surface area contributed by atoms with E-state index in [0.717, 1.165) is 48.4 Å². The van der Waals surface area contributed by atoms with Gasteiger partial charge in [0.1, 0.15) is 5.75 Å². The van der Waals surface area contributed by atoms with Gasteiger partial charge in [0.25, 0.3) is 5.91 Å². The van der Waals surface area contributed by atoms with Gasteiger partial charge in [0.05, 0.1) is 0 Å². The van der Waals surface area contributed by atoms with Crippen molar-refractivity contribution in [2.45, 2.75) is 18.8 Å². The van der Waals surface area contributed by atoms with Crippen LogP contribution in [-0.4, -0.2) is 24.1 Å². The molecule has 0 aliphatic carbocycles. The number of hydrogen-bond donors (Lipinski definition) is 2. The van der Waals surface area contributed by atoms with Crippen molar-refractivity contribution >= 4 is 17.3 Å². The van der Waals surface area contributed by atoms with E-state index < -0.39 is 0 Å². The van der Waals surface area contributed by atoms with E-state index in [1.165, 1.54) is 5.56 Å². The standard InChI is InChI=1S/C30H28N2O2/c33-29-15-13-24(14-16-29)23-9-11-26(12-10-23)30(34)31-27-7-4-8-28(21-27)32-19-17-25(18-20-32)22-5-2-1-3-6-22/h1-16,21,25,33H,17-20H2,(H,31,34). The van der Waals surface area contributed by atoms with Gasteiger partial charge < -0.3 is 15.3 Å². The lowest BCUT2D eigenvalue weighted by molar-refractivity contribution is 0.102. The van der Waals surface area contributed by atoms with E-state index in [0.29, 0.717) is 11.5 Å². The maximum atomic E-state index is 12.8. The molecule has 34 heavy (non-hydrogen) atoms. The Labute approximate surface area is 200 Å². The highest BCUT2D eigenvalue weighted by Gasteiger charge is 2.21. The molecule has 1 aliphatic rings. The Balaban J connectivity index is 1.22. The number of amides is 1. The molecule has 1 aliphatic heterocycles. The average molecular weight is 449 g/mol. The van der Waals surface area contributed by atoms with Crippen LogP contribution in [0.3, 0.4) is 0 Å². The first kappa shape index (κ1) is 21.8. The molecule has 0 radical (unpaired) electrons. The highest BCUT2D eigenvalue weighted by molar-refractivity contribution is 6.04. The summed E-state index contributed by atoms with van der Waals surface area (Å²) < 4.78 is 0. The number of hydrogen-bond acceptors (Lipinski definition) is 3. The van der Waals surface area contributed by atoms with E-state index in [4.69, 9.17) is 0 Å². The van der Waals surface area contributed by atoms with Crippen LogP contribution >= 0.6 is 0 Å². The number of benzene rings is 4. The van der Waals surface area contributed by atoms with Gasteiger partial charge in [-0.1, -0.05) is 60.7 Å². The molecule has 5 rings (SSSR count). The zero-order chi connectivity index (χ0) is 23.3. The predicted molar refractivity (Wildman–Crippen MR) is 139 cm³/mol. The van der Waals surface area contributed by atoms with Gasteiger partial charge in [-0.05, 0) is 77.9 Å². The number of anilines is 2. The van der Waals surface area contributed by atoms with Gasteiger partial charge in [0, 0.05) is 30.0 Å². The number of nitrogens with one attached hydrogen (secondary N) is 1. The van der Waals surface area contributed by atoms with Gasteiger partial charge in [0.15, 0.2) is 0 Å². The Morgan fingerprint density at radius 3 is 2.09 bits per heavy atom. The molecular formula is C30H28N2O2. The number of nitrogens with zero attached hydrogens (tertiary/aromatic N) is 1. The van der Waals surface area contributed by atoms with Crippen molar-refractivity contribution in [1.29, 1.82) is 0 Å². The van der Waals surface area contributed by atoms with Crippen molar-refractivity contribution in [2.75, 3.05) is 23.3 Å². The molecule has 4 aromatic rings. The molecule has 4 heteroatoms. The van der Waals surface area contributed by atoms with Crippen molar-refractivity contribution in [1.82, 2.24) is 0 Å². The highest BCUT2D eigenvalue weighted by Crippen LogP contribution is 2.31. The van der Waals surface area contributed by atoms with Crippen molar-refractivity contribution in [3.8, 4) is 16.9 Å². The number of carbonyl (C=O) groups excluding carboxylic acids is 1. The Kier molecular flexibility index (Phi) is 6.30. The molecule has 1 saturated heterocycles. The fourth-order valence-corrected chi connectivity index (χ4v) is 4.65. The molecule has 4 nitrogen and oxygen atoms in total. The summed E-state index contributed by atoms with van der Waals surface area (Å²) in [5.41, 5.74) is 5.98. The number of phenolic OH excluding ortho intramolecular Hbond substituents is 1. The predicted octanol–water partition coefficient (Wildman–Crippen LogP) is 6.70. The summed E-state index contributed by atoms with van der Waals surface area (Å²) in [5.74, 6) is 0.726. The van der Waals surface area contributed by atoms with Crippen molar-refractivity contribution in [3.63, 3.8) is 0 Å². The molecule has 0 saturated carbocycles. The van der Waals surface area contributed by atoms with Crippen molar-refractivity contribution < 1.29 is 9.90 Å². The quantitative estimate of drug-likeness (QED) is 0.357. The first-order chi connectivity index (χ1) is 16.7. The van der Waals surface area contributed by atoms with Crippen LogP contribution in [0.5, 0.6) is 5.75 Å². The van der Waals surface area contributed by atoms with E-state index in [2.05, 4.69) is 52.7 Å². The summed E-state index contributed by atoms with van der Waals surface area (Å²) in [6, 6.07) is 33.4. The maximum absolute atomic E-state index is 12.8. The fourth-order valence-electron chi connectivity index (χ4n) is 4.65. The molecule has 1 fully saturated rings. The van der Waals surface area contributed by atoms with Crippen LogP contribution in [0.4, 0.5) is 11.4 Å². The lowest BCUT2D eigenvalue weighted by atomic mass is 9.89. The molecule has 170 valence electrons. The number of piperidine rings is 1. The van der Waals surface area contributed by atoms with E-state index in [1.54, 1.807) is 12.1 Å². The Morgan fingerprint density at radius 2 is 1.41 bits per heavy atom. The zero-order valence-electron chi connectivity index (χ0n) is 19.0. The molecule has 0 unspecified atom stereocenters.